The molecular weight excluding hydrogens is 210 g/mol. The predicted molar refractivity (Wildman–Crippen MR) is 54.1 cm³/mol. The van der Waals surface area contributed by atoms with Gasteiger partial charge in [0.05, 0.1) is 12.8 Å². The van der Waals surface area contributed by atoms with Crippen LogP contribution in [0.25, 0.3) is 0 Å². The number of carbonyl (C=O) groups is 1. The van der Waals surface area contributed by atoms with E-state index in [4.69, 9.17) is 14.3 Å². The standard InChI is InChI=1S/C11H13NO4/c13-7-1-2-9-10(3-7)16-12-4-11(9)15-6-8-5-14-8/h2,4,8,10,12H,1,3,5-6H2. The van der Waals surface area contributed by atoms with Crippen molar-refractivity contribution in [3.8, 4) is 0 Å². The van der Waals surface area contributed by atoms with E-state index < -0.39 is 0 Å². The van der Waals surface area contributed by atoms with Crippen LogP contribution in [0, 0.1) is 0 Å². The first-order valence-electron chi connectivity index (χ1n) is 5.41. The number of ether oxygens (including phenoxy) is 2. The lowest BCUT2D eigenvalue weighted by Gasteiger charge is -2.28. The molecule has 2 unspecified atom stereocenters. The van der Waals surface area contributed by atoms with E-state index in [9.17, 15) is 4.79 Å². The zero-order chi connectivity index (χ0) is 11.0. The summed E-state index contributed by atoms with van der Waals surface area (Å²) in [6.07, 6.45) is 4.47. The fourth-order valence-electron chi connectivity index (χ4n) is 1.84. The van der Waals surface area contributed by atoms with Crippen molar-refractivity contribution in [2.45, 2.75) is 25.0 Å². The van der Waals surface area contributed by atoms with Gasteiger partial charge in [0.15, 0.2) is 0 Å². The van der Waals surface area contributed by atoms with Crippen LogP contribution in [0.1, 0.15) is 12.8 Å². The van der Waals surface area contributed by atoms with Crippen molar-refractivity contribution < 1.29 is 19.1 Å². The number of epoxide rings is 1. The summed E-state index contributed by atoms with van der Waals surface area (Å²) in [5, 5.41) is 0. The van der Waals surface area contributed by atoms with Gasteiger partial charge < -0.3 is 9.47 Å². The molecule has 0 amide bonds. The molecule has 5 nitrogen and oxygen atoms in total. The average Bonchev–Trinajstić information content (AvgIpc) is 3.09. The molecule has 3 aliphatic rings. The number of hydroxylamine groups is 1. The molecular formula is C11H13NO4. The van der Waals surface area contributed by atoms with E-state index in [1.807, 2.05) is 6.08 Å². The van der Waals surface area contributed by atoms with Crippen LogP contribution >= 0.6 is 0 Å². The Morgan fingerprint density at radius 3 is 3.25 bits per heavy atom. The maximum Gasteiger partial charge on any atom is 0.143 e. The summed E-state index contributed by atoms with van der Waals surface area (Å²) in [5.74, 6) is 0.960. The number of fused-ring (bicyclic) bond motifs is 1. The Kier molecular flexibility index (Phi) is 2.41. The highest BCUT2D eigenvalue weighted by molar-refractivity contribution is 5.82. The third kappa shape index (κ3) is 1.96. The quantitative estimate of drug-likeness (QED) is 0.703. The van der Waals surface area contributed by atoms with E-state index in [-0.39, 0.29) is 18.0 Å². The van der Waals surface area contributed by atoms with Crippen LogP contribution in [0.5, 0.6) is 0 Å². The van der Waals surface area contributed by atoms with Crippen molar-refractivity contribution >= 4 is 5.78 Å². The molecule has 0 bridgehead atoms. The molecule has 0 radical (unpaired) electrons. The van der Waals surface area contributed by atoms with E-state index in [1.165, 1.54) is 0 Å². The molecule has 5 heteroatoms. The Labute approximate surface area is 93.0 Å². The summed E-state index contributed by atoms with van der Waals surface area (Å²) in [6.45, 7) is 1.34. The second-order valence-corrected chi connectivity index (χ2v) is 4.11. The van der Waals surface area contributed by atoms with Crippen LogP contribution in [0.4, 0.5) is 0 Å². The second kappa shape index (κ2) is 3.92. The highest BCUT2D eigenvalue weighted by atomic mass is 16.7. The maximum absolute atomic E-state index is 11.3. The van der Waals surface area contributed by atoms with E-state index in [0.717, 1.165) is 17.9 Å². The molecule has 0 aromatic carbocycles. The van der Waals surface area contributed by atoms with Crippen molar-refractivity contribution in [1.29, 1.82) is 0 Å². The van der Waals surface area contributed by atoms with E-state index in [1.54, 1.807) is 6.20 Å². The topological polar surface area (TPSA) is 60.1 Å². The van der Waals surface area contributed by atoms with Crippen LogP contribution in [0.15, 0.2) is 23.6 Å². The van der Waals surface area contributed by atoms with Gasteiger partial charge in [0, 0.05) is 18.4 Å². The number of carbonyl (C=O) groups excluding carboxylic acids is 1. The van der Waals surface area contributed by atoms with E-state index in [0.29, 0.717) is 19.4 Å². The van der Waals surface area contributed by atoms with Crippen molar-refractivity contribution in [3.63, 3.8) is 0 Å². The Balaban J connectivity index is 1.71. The molecule has 86 valence electrons. The Hall–Kier alpha value is -1.33. The number of rotatable bonds is 3. The largest absolute Gasteiger partial charge is 0.489 e. The fraction of sp³-hybridized carbons (Fsp3) is 0.545. The van der Waals surface area contributed by atoms with Gasteiger partial charge in [-0.05, 0) is 0 Å². The first-order chi connectivity index (χ1) is 7.83. The van der Waals surface area contributed by atoms with Gasteiger partial charge in [0.25, 0.3) is 0 Å². The molecule has 2 atom stereocenters. The summed E-state index contributed by atoms with van der Waals surface area (Å²) in [6, 6.07) is 0. The molecule has 16 heavy (non-hydrogen) atoms. The van der Waals surface area contributed by atoms with Crippen molar-refractivity contribution in [3.05, 3.63) is 23.6 Å². The molecule has 0 saturated carbocycles. The Morgan fingerprint density at radius 1 is 1.56 bits per heavy atom. The van der Waals surface area contributed by atoms with E-state index >= 15 is 0 Å². The molecule has 0 aromatic rings. The number of hydrogen-bond acceptors (Lipinski definition) is 5. The lowest BCUT2D eigenvalue weighted by molar-refractivity contribution is -0.122. The SMILES string of the molecule is O=C1CC=C2C(OCC3CO3)=CNOC2C1. The number of nitrogens with one attached hydrogen (secondary N) is 1. The lowest BCUT2D eigenvalue weighted by atomic mass is 9.94. The van der Waals surface area contributed by atoms with Crippen LogP contribution in [-0.2, 0) is 19.1 Å². The van der Waals surface area contributed by atoms with E-state index in [2.05, 4.69) is 5.48 Å². The van der Waals surface area contributed by atoms with Gasteiger partial charge in [-0.3, -0.25) is 15.1 Å². The summed E-state index contributed by atoms with van der Waals surface area (Å²) in [5.41, 5.74) is 3.65. The fourth-order valence-corrected chi connectivity index (χ4v) is 1.84. The average molecular weight is 223 g/mol. The predicted octanol–water partition coefficient (Wildman–Crippen LogP) is 0.436. The number of ketones is 1. The molecule has 1 saturated heterocycles. The minimum Gasteiger partial charge on any atom is -0.489 e. The van der Waals surface area contributed by atoms with Crippen LogP contribution in [0.3, 0.4) is 0 Å². The van der Waals surface area contributed by atoms with Gasteiger partial charge in [0.2, 0.25) is 0 Å². The van der Waals surface area contributed by atoms with Crippen molar-refractivity contribution in [2.24, 2.45) is 0 Å². The lowest BCUT2D eigenvalue weighted by Crippen LogP contribution is -2.33. The minimum atomic E-state index is -0.207. The van der Waals surface area contributed by atoms with Gasteiger partial charge >= 0.3 is 0 Å². The monoisotopic (exact) mass is 223 g/mol. The maximum atomic E-state index is 11.3. The molecule has 0 spiro atoms. The van der Waals surface area contributed by atoms with Gasteiger partial charge in [-0.2, -0.15) is 0 Å². The van der Waals surface area contributed by atoms with Gasteiger partial charge in [-0.15, -0.1) is 0 Å². The third-order valence-corrected chi connectivity index (χ3v) is 2.82. The zero-order valence-electron chi connectivity index (χ0n) is 8.77. The van der Waals surface area contributed by atoms with Gasteiger partial charge in [0.1, 0.15) is 30.4 Å². The third-order valence-electron chi connectivity index (χ3n) is 2.82. The smallest absolute Gasteiger partial charge is 0.143 e. The molecule has 2 heterocycles. The summed E-state index contributed by atoms with van der Waals surface area (Å²) in [7, 11) is 0. The molecule has 0 aromatic heterocycles. The highest BCUT2D eigenvalue weighted by Gasteiger charge is 2.31. The summed E-state index contributed by atoms with van der Waals surface area (Å²) < 4.78 is 10.7. The second-order valence-electron chi connectivity index (χ2n) is 4.11. The number of allylic oxidation sites excluding steroid dienone is 1. The van der Waals surface area contributed by atoms with Gasteiger partial charge in [-0.1, -0.05) is 6.08 Å². The number of hydrogen-bond donors (Lipinski definition) is 1. The Bertz CT molecular complexity index is 370. The number of Topliss-reactive ketones (excluding diaryl/α,β-unsaturated/α-hetero) is 1. The molecule has 1 fully saturated rings. The van der Waals surface area contributed by atoms with Crippen LogP contribution in [-0.4, -0.2) is 31.2 Å². The van der Waals surface area contributed by atoms with Crippen LogP contribution in [0.2, 0.25) is 0 Å². The zero-order valence-corrected chi connectivity index (χ0v) is 8.77. The normalized spacial score (nSPS) is 32.1. The highest BCUT2D eigenvalue weighted by Crippen LogP contribution is 2.28. The van der Waals surface area contributed by atoms with Crippen molar-refractivity contribution in [1.82, 2.24) is 5.48 Å². The van der Waals surface area contributed by atoms with Crippen molar-refractivity contribution in [2.75, 3.05) is 13.2 Å². The minimum absolute atomic E-state index is 0.197. The summed E-state index contributed by atoms with van der Waals surface area (Å²) >= 11 is 0. The first kappa shape index (κ1) is 9.86. The molecule has 1 N–H and O–H groups in total. The Morgan fingerprint density at radius 2 is 2.44 bits per heavy atom. The van der Waals surface area contributed by atoms with Crippen LogP contribution < -0.4 is 5.48 Å². The first-order valence-corrected chi connectivity index (χ1v) is 5.41. The summed E-state index contributed by atoms with van der Waals surface area (Å²) in [4.78, 5) is 16.5. The molecule has 3 rings (SSSR count). The molecule has 1 aliphatic carbocycles. The van der Waals surface area contributed by atoms with Gasteiger partial charge in [-0.25, -0.2) is 0 Å². The molecule has 2 aliphatic heterocycles.